The minimum absolute atomic E-state index is 0.258. The molecule has 0 bridgehead atoms. The third kappa shape index (κ3) is 2.56. The smallest absolute Gasteiger partial charge is 0.147 e. The monoisotopic (exact) mass is 275 g/mol. The Kier molecular flexibility index (Phi) is 3.13. The van der Waals surface area contributed by atoms with Gasteiger partial charge in [-0.2, -0.15) is 0 Å². The molecule has 4 heteroatoms. The van der Waals surface area contributed by atoms with Gasteiger partial charge in [-0.15, -0.1) is 0 Å². The molecule has 1 aromatic heterocycles. The molecule has 0 radical (unpaired) electrons. The number of aromatic nitrogens is 1. The molecule has 19 heavy (non-hydrogen) atoms. The summed E-state index contributed by atoms with van der Waals surface area (Å²) < 4.78 is 19.1. The first-order chi connectivity index (χ1) is 9.22. The van der Waals surface area contributed by atoms with Gasteiger partial charge in [0.05, 0.1) is 11.2 Å². The summed E-state index contributed by atoms with van der Waals surface area (Å²) in [4.78, 5) is 3.02. The Balaban J connectivity index is 1.80. The summed E-state index contributed by atoms with van der Waals surface area (Å²) in [6, 6.07) is 14.0. The number of para-hydroxylation sites is 1. The van der Waals surface area contributed by atoms with Crippen molar-refractivity contribution < 1.29 is 9.13 Å². The maximum atomic E-state index is 13.5. The summed E-state index contributed by atoms with van der Waals surface area (Å²) >= 11 is 5.87. The SMILES string of the molecule is Fc1cccc2cc(COc3cccc(Cl)c3)[nH]c12. The zero-order valence-electron chi connectivity index (χ0n) is 9.99. The number of benzene rings is 2. The van der Waals surface area contributed by atoms with Crippen LogP contribution in [-0.4, -0.2) is 4.98 Å². The fraction of sp³-hybridized carbons (Fsp3) is 0.0667. The van der Waals surface area contributed by atoms with Crippen molar-refractivity contribution in [3.63, 3.8) is 0 Å². The van der Waals surface area contributed by atoms with Gasteiger partial charge in [-0.3, -0.25) is 0 Å². The molecule has 0 spiro atoms. The molecule has 96 valence electrons. The van der Waals surface area contributed by atoms with E-state index in [0.717, 1.165) is 11.1 Å². The largest absolute Gasteiger partial charge is 0.487 e. The molecule has 0 amide bonds. The van der Waals surface area contributed by atoms with Crippen molar-refractivity contribution in [1.82, 2.24) is 4.98 Å². The average Bonchev–Trinajstić information content (AvgIpc) is 2.81. The van der Waals surface area contributed by atoms with E-state index < -0.39 is 0 Å². The minimum Gasteiger partial charge on any atom is -0.487 e. The molecule has 3 aromatic rings. The van der Waals surface area contributed by atoms with Gasteiger partial charge in [-0.1, -0.05) is 29.8 Å². The third-order valence-electron chi connectivity index (χ3n) is 2.85. The normalized spacial score (nSPS) is 10.8. The highest BCUT2D eigenvalue weighted by atomic mass is 35.5. The van der Waals surface area contributed by atoms with E-state index in [0.29, 0.717) is 22.9 Å². The predicted molar refractivity (Wildman–Crippen MR) is 74.0 cm³/mol. The highest BCUT2D eigenvalue weighted by Crippen LogP contribution is 2.21. The van der Waals surface area contributed by atoms with E-state index in [1.807, 2.05) is 24.3 Å². The zero-order chi connectivity index (χ0) is 13.2. The Labute approximate surface area is 114 Å². The van der Waals surface area contributed by atoms with Crippen molar-refractivity contribution in [2.75, 3.05) is 0 Å². The van der Waals surface area contributed by atoms with Crippen LogP contribution in [0.2, 0.25) is 5.02 Å². The summed E-state index contributed by atoms with van der Waals surface area (Å²) in [6.45, 7) is 0.342. The van der Waals surface area contributed by atoms with Gasteiger partial charge in [0.2, 0.25) is 0 Å². The van der Waals surface area contributed by atoms with Crippen molar-refractivity contribution in [2.24, 2.45) is 0 Å². The van der Waals surface area contributed by atoms with Gasteiger partial charge in [0.15, 0.2) is 0 Å². The number of nitrogens with one attached hydrogen (secondary N) is 1. The number of hydrogen-bond acceptors (Lipinski definition) is 1. The first-order valence-corrected chi connectivity index (χ1v) is 6.25. The Morgan fingerprint density at radius 2 is 1.95 bits per heavy atom. The van der Waals surface area contributed by atoms with Crippen LogP contribution in [0.25, 0.3) is 10.9 Å². The number of hydrogen-bond donors (Lipinski definition) is 1. The summed E-state index contributed by atoms with van der Waals surface area (Å²) in [7, 11) is 0. The first kappa shape index (κ1) is 12.1. The second-order valence-corrected chi connectivity index (χ2v) is 4.68. The van der Waals surface area contributed by atoms with Crippen LogP contribution in [0.1, 0.15) is 5.69 Å². The lowest BCUT2D eigenvalue weighted by Gasteiger charge is -2.04. The molecule has 1 N–H and O–H groups in total. The lowest BCUT2D eigenvalue weighted by atomic mass is 10.2. The Morgan fingerprint density at radius 1 is 1.11 bits per heavy atom. The van der Waals surface area contributed by atoms with Crippen molar-refractivity contribution >= 4 is 22.5 Å². The van der Waals surface area contributed by atoms with Crippen LogP contribution in [-0.2, 0) is 6.61 Å². The Bertz CT molecular complexity index is 723. The van der Waals surface area contributed by atoms with Gasteiger partial charge in [-0.25, -0.2) is 4.39 Å². The standard InChI is InChI=1S/C15H11ClFNO/c16-11-4-2-5-13(8-11)19-9-12-7-10-3-1-6-14(17)15(10)18-12/h1-8,18H,9H2. The molecule has 0 aliphatic rings. The van der Waals surface area contributed by atoms with E-state index in [4.69, 9.17) is 16.3 Å². The third-order valence-corrected chi connectivity index (χ3v) is 3.09. The molecule has 0 fully saturated rings. The number of halogens is 2. The van der Waals surface area contributed by atoms with Gasteiger partial charge in [0.1, 0.15) is 18.2 Å². The first-order valence-electron chi connectivity index (χ1n) is 5.87. The highest BCUT2D eigenvalue weighted by molar-refractivity contribution is 6.30. The van der Waals surface area contributed by atoms with E-state index in [-0.39, 0.29) is 5.82 Å². The molecular formula is C15H11ClFNO. The van der Waals surface area contributed by atoms with Gasteiger partial charge >= 0.3 is 0 Å². The van der Waals surface area contributed by atoms with E-state index in [9.17, 15) is 4.39 Å². The summed E-state index contributed by atoms with van der Waals surface area (Å²) in [5.74, 6) is 0.429. The van der Waals surface area contributed by atoms with Gasteiger partial charge in [0, 0.05) is 10.4 Å². The molecule has 0 atom stereocenters. The van der Waals surface area contributed by atoms with Crippen LogP contribution in [0.15, 0.2) is 48.5 Å². The van der Waals surface area contributed by atoms with Gasteiger partial charge in [-0.05, 0) is 30.3 Å². The molecule has 1 heterocycles. The Hall–Kier alpha value is -2.00. The maximum Gasteiger partial charge on any atom is 0.147 e. The second kappa shape index (κ2) is 4.94. The van der Waals surface area contributed by atoms with Crippen LogP contribution in [0.3, 0.4) is 0 Å². The highest BCUT2D eigenvalue weighted by Gasteiger charge is 2.05. The molecule has 2 nitrogen and oxygen atoms in total. The van der Waals surface area contributed by atoms with Crippen LogP contribution in [0.5, 0.6) is 5.75 Å². The molecule has 3 rings (SSSR count). The molecule has 0 unspecified atom stereocenters. The van der Waals surface area contributed by atoms with Crippen LogP contribution in [0, 0.1) is 5.82 Å². The molecule has 0 saturated heterocycles. The van der Waals surface area contributed by atoms with Crippen LogP contribution < -0.4 is 4.74 Å². The number of aromatic amines is 1. The quantitative estimate of drug-likeness (QED) is 0.746. The predicted octanol–water partition coefficient (Wildman–Crippen LogP) is 4.54. The second-order valence-electron chi connectivity index (χ2n) is 4.24. The lowest BCUT2D eigenvalue weighted by Crippen LogP contribution is -1.95. The molecule has 0 aliphatic heterocycles. The lowest BCUT2D eigenvalue weighted by molar-refractivity contribution is 0.302. The topological polar surface area (TPSA) is 25.0 Å². The van der Waals surface area contributed by atoms with Crippen molar-refractivity contribution in [2.45, 2.75) is 6.61 Å². The number of ether oxygens (including phenoxy) is 1. The van der Waals surface area contributed by atoms with Crippen molar-refractivity contribution in [3.8, 4) is 5.75 Å². The van der Waals surface area contributed by atoms with Gasteiger partial charge < -0.3 is 9.72 Å². The van der Waals surface area contributed by atoms with Crippen LogP contribution >= 0.6 is 11.6 Å². The Morgan fingerprint density at radius 3 is 2.74 bits per heavy atom. The average molecular weight is 276 g/mol. The van der Waals surface area contributed by atoms with Crippen molar-refractivity contribution in [1.29, 1.82) is 0 Å². The molecule has 0 aliphatic carbocycles. The van der Waals surface area contributed by atoms with Gasteiger partial charge in [0.25, 0.3) is 0 Å². The zero-order valence-corrected chi connectivity index (χ0v) is 10.7. The number of H-pyrrole nitrogens is 1. The van der Waals surface area contributed by atoms with E-state index in [1.54, 1.807) is 18.2 Å². The number of fused-ring (bicyclic) bond motifs is 1. The number of rotatable bonds is 3. The summed E-state index contributed by atoms with van der Waals surface area (Å²) in [6.07, 6.45) is 0. The molecule has 0 saturated carbocycles. The van der Waals surface area contributed by atoms with Crippen LogP contribution in [0.4, 0.5) is 4.39 Å². The fourth-order valence-corrected chi connectivity index (χ4v) is 2.15. The summed E-state index contributed by atoms with van der Waals surface area (Å²) in [5, 5.41) is 1.46. The van der Waals surface area contributed by atoms with E-state index >= 15 is 0 Å². The molecule has 2 aromatic carbocycles. The van der Waals surface area contributed by atoms with E-state index in [2.05, 4.69) is 4.98 Å². The summed E-state index contributed by atoms with van der Waals surface area (Å²) in [5.41, 5.74) is 1.33. The minimum atomic E-state index is -0.258. The molecular weight excluding hydrogens is 265 g/mol. The maximum absolute atomic E-state index is 13.5. The fourth-order valence-electron chi connectivity index (χ4n) is 1.97. The van der Waals surface area contributed by atoms with E-state index in [1.165, 1.54) is 6.07 Å². The van der Waals surface area contributed by atoms with Crippen molar-refractivity contribution in [3.05, 3.63) is 65.1 Å².